The lowest BCUT2D eigenvalue weighted by Gasteiger charge is -2.37. The fourth-order valence-electron chi connectivity index (χ4n) is 15.9. The summed E-state index contributed by atoms with van der Waals surface area (Å²) in [7, 11) is -8.71. The molecule has 6 heterocycles. The van der Waals surface area contributed by atoms with Gasteiger partial charge in [0.25, 0.3) is 5.95 Å². The second-order valence-electron chi connectivity index (χ2n) is 32.5. The molecule has 6 aromatic heterocycles. The maximum atomic E-state index is 14.6. The largest absolute Gasteiger partial charge is 0.468 e. The van der Waals surface area contributed by atoms with Crippen molar-refractivity contribution in [2.24, 2.45) is 46.2 Å². The number of benzene rings is 2. The Morgan fingerprint density at radius 3 is 1.42 bits per heavy atom. The number of nitrogens with one attached hydrogen (secondary N) is 1. The fraction of sp³-hybridized carbons (Fsp3) is 0.544. The minimum Gasteiger partial charge on any atom is -0.468 e. The van der Waals surface area contributed by atoms with E-state index in [1.54, 1.807) is 36.3 Å². The van der Waals surface area contributed by atoms with E-state index in [0.29, 0.717) is 35.1 Å². The van der Waals surface area contributed by atoms with Gasteiger partial charge in [-0.3, -0.25) is 24.3 Å². The molecule has 1 amide bonds. The van der Waals surface area contributed by atoms with Gasteiger partial charge < -0.3 is 19.9 Å². The molecular formula is C79H96ClF4N15O15S6. The lowest BCUT2D eigenvalue weighted by Crippen LogP contribution is -2.38. The molecule has 0 spiro atoms. The zero-order valence-electron chi connectivity index (χ0n) is 67.2. The first-order valence-electron chi connectivity index (χ1n) is 39.0. The second kappa shape index (κ2) is 38.5. The third kappa shape index (κ3) is 23.0. The molecule has 3 N–H and O–H groups in total. The van der Waals surface area contributed by atoms with Gasteiger partial charge in [-0.2, -0.15) is 32.6 Å². The van der Waals surface area contributed by atoms with Crippen LogP contribution in [0.25, 0.3) is 28.5 Å². The summed E-state index contributed by atoms with van der Waals surface area (Å²) >= 11 is 11.4. The van der Waals surface area contributed by atoms with Gasteiger partial charge in [-0.25, -0.2) is 81.1 Å². The van der Waals surface area contributed by atoms with Crippen molar-refractivity contribution in [1.82, 2.24) is 70.3 Å². The third-order valence-electron chi connectivity index (χ3n) is 22.8. The number of sulfone groups is 4. The van der Waals surface area contributed by atoms with Crippen molar-refractivity contribution in [3.8, 4) is 28.5 Å². The summed E-state index contributed by atoms with van der Waals surface area (Å²) in [6.45, 7) is 8.70. The molecule has 0 unspecified atom stereocenters. The van der Waals surface area contributed by atoms with E-state index >= 15 is 0 Å². The van der Waals surface area contributed by atoms with Gasteiger partial charge in [-0.1, -0.05) is 39.8 Å². The van der Waals surface area contributed by atoms with E-state index in [-0.39, 0.29) is 115 Å². The Kier molecular flexibility index (Phi) is 29.5. The number of fused-ring (bicyclic) bond motifs is 10. The van der Waals surface area contributed by atoms with Crippen LogP contribution in [-0.2, 0) is 95.1 Å². The number of nitrogens with zero attached hydrogens (tertiary/aromatic N) is 13. The van der Waals surface area contributed by atoms with Gasteiger partial charge >= 0.3 is 17.9 Å². The molecule has 9 aliphatic carbocycles. The average molecular weight is 1800 g/mol. The number of amides is 1. The normalized spacial score (nSPS) is 20.4. The Morgan fingerprint density at radius 2 is 1.00 bits per heavy atom. The number of thioether (sulfide) groups is 1. The summed E-state index contributed by atoms with van der Waals surface area (Å²) in [5, 5.41) is 28.3. The third-order valence-corrected chi connectivity index (χ3v) is 31.1. The number of ether oxygens (including phenoxy) is 3. The van der Waals surface area contributed by atoms with Gasteiger partial charge in [0.1, 0.15) is 64.8 Å². The molecular weight excluding hydrogens is 1700 g/mol. The number of carbonyl (C=O) groups is 4. The number of carbonyl (C=O) groups excluding carboxylic acids is 4. The molecule has 41 heteroatoms. The zero-order valence-corrected chi connectivity index (χ0v) is 72.9. The Hall–Kier alpha value is -8.57. The summed E-state index contributed by atoms with van der Waals surface area (Å²) < 4.78 is 164. The number of halogens is 5. The number of hydrogen-bond acceptors (Lipinski definition) is 29. The molecule has 0 aliphatic heterocycles. The quantitative estimate of drug-likeness (QED) is 0.0149. The molecule has 9 aliphatic rings. The van der Waals surface area contributed by atoms with Gasteiger partial charge in [0, 0.05) is 12.4 Å². The van der Waals surface area contributed by atoms with Crippen LogP contribution in [0, 0.1) is 63.7 Å². The number of thiol groups is 1. The molecule has 30 nitrogen and oxygen atoms in total. The number of hydrogen-bond donors (Lipinski definition) is 3. The van der Waals surface area contributed by atoms with Gasteiger partial charge in [0.15, 0.2) is 45.2 Å². The number of H-pyrrole nitrogens is 1. The summed E-state index contributed by atoms with van der Waals surface area (Å²) in [6, 6.07) is 14.8. The standard InChI is InChI=1S/C28H27F2N7O2S.C21H17ClF2N4.C7H11N3O2S.C7H12O4S.C7H12O2S.C6H11NO3S.C3H6O2S/c1-27(2)18-8-10-28(27,25-17(18)12-21(34-35-25)24-19(29)4-3-5-20(24)30)22-9-11-31-26(33-22)37-15-32-23(36-37)14-40(38,39)13-16-6-7-16;1-20(2)12-6-8-21(20,16-7-9-25-19(22)26-16)18-11(12)10-15(27-28-18)17-13(23)4-3-5-14(17)24;11-13(12,3-6-1-2-6)4-7-8-5-9-10-7;1-11-7(8)5-12(9,10)4-6-2-3-6;1-9-7(8)5-10-4-6-2-3-6;7-6(8)4-11(9,10)3-5-1-2-5;1-5-3(4)2-6/h3-5,9,11-12,15-16,18H,6-8,10,13-14H2,1-2H3;3-5,7,9-10,12H,6,8H2,1-2H3;5-6H,1-4H2,(H,8,9,10);6H,2-5H2,1H3;6H,2-5H2,1H3;5H,1-4H2,(H2,7,8);6H,2H2,1H3/t18-,28-;12-,21-;;;;;/m00...../s1. The topological polar surface area (TPSA) is 434 Å². The Labute approximate surface area is 708 Å². The van der Waals surface area contributed by atoms with Gasteiger partial charge in [0.05, 0.1) is 112 Å². The Bertz CT molecular complexity index is 5490. The number of primary amides is 1. The molecule has 0 saturated heterocycles. The van der Waals surface area contributed by atoms with Gasteiger partial charge in [0.2, 0.25) is 11.2 Å². The van der Waals surface area contributed by atoms with E-state index in [0.717, 1.165) is 123 Å². The summed E-state index contributed by atoms with van der Waals surface area (Å²) in [6.07, 6.45) is 20.1. The first-order valence-corrected chi connectivity index (χ1v) is 48.4. The summed E-state index contributed by atoms with van der Waals surface area (Å²) in [5.74, 6) is 0.214. The molecule has 120 heavy (non-hydrogen) atoms. The highest BCUT2D eigenvalue weighted by Gasteiger charge is 2.66. The van der Waals surface area contributed by atoms with E-state index in [1.165, 1.54) is 87.9 Å². The molecule has 8 aromatic rings. The van der Waals surface area contributed by atoms with E-state index in [9.17, 15) is 70.4 Å². The van der Waals surface area contributed by atoms with Crippen molar-refractivity contribution in [3.05, 3.63) is 160 Å². The molecule has 17 rings (SSSR count). The molecule has 0 radical (unpaired) electrons. The van der Waals surface area contributed by atoms with E-state index in [1.807, 2.05) is 12.1 Å². The van der Waals surface area contributed by atoms with E-state index < -0.39 is 96.8 Å². The molecule has 7 fully saturated rings. The SMILES string of the molecule is CC1(C)[C@H]2CC[C@]1(c1ccnc(-n3cnc(CS(=O)(=O)CC4CC4)n3)n1)c1nnc(-c3c(F)cccc3F)cc12.CC1(C)[C@H]2CC[C@]1(c1ccnc(Cl)n1)c1nnc(-c3c(F)cccc3F)cc12.COC(=O)CS.COC(=O)CS(=O)(=O)CC1CC1.COC(=O)CSCC1CC1.NC(=O)CS(=O)(=O)CC1CC1.O=S(=O)(Cc1ncn[nH]1)CC1CC1. The van der Waals surface area contributed by atoms with Crippen LogP contribution in [0.4, 0.5) is 17.6 Å². The lowest BCUT2D eigenvalue weighted by atomic mass is 9.66. The number of aromatic amines is 1. The molecule has 7 saturated carbocycles. The number of nitrogens with two attached hydrogens (primary N) is 1. The maximum Gasteiger partial charge on any atom is 0.320 e. The smallest absolute Gasteiger partial charge is 0.320 e. The molecule has 648 valence electrons. The summed E-state index contributed by atoms with van der Waals surface area (Å²) in [4.78, 5) is 67.1. The van der Waals surface area contributed by atoms with Crippen LogP contribution in [0.2, 0.25) is 5.28 Å². The van der Waals surface area contributed by atoms with Crippen LogP contribution in [-0.4, -0.2) is 201 Å². The molecule has 4 atom stereocenters. The predicted molar refractivity (Wildman–Crippen MR) is 441 cm³/mol. The number of methoxy groups -OCH3 is 3. The van der Waals surface area contributed by atoms with Crippen LogP contribution < -0.4 is 5.73 Å². The maximum absolute atomic E-state index is 14.6. The van der Waals surface area contributed by atoms with E-state index in [4.69, 9.17) is 22.3 Å². The fourth-order valence-corrected chi connectivity index (χ4v) is 23.9. The van der Waals surface area contributed by atoms with Crippen molar-refractivity contribution >= 4 is 99.2 Å². The van der Waals surface area contributed by atoms with Crippen LogP contribution >= 0.6 is 36.0 Å². The highest BCUT2D eigenvalue weighted by atomic mass is 35.5. The molecule has 2 aromatic carbocycles. The van der Waals surface area contributed by atoms with E-state index in [2.05, 4.69) is 115 Å². The minimum atomic E-state index is -3.29. The van der Waals surface area contributed by atoms with Gasteiger partial charge in [-0.15, -0.1) is 27.1 Å². The Morgan fingerprint density at radius 1 is 0.558 bits per heavy atom. The number of rotatable bonds is 26. The number of aromatic nitrogens is 14. The number of esters is 3. The van der Waals surface area contributed by atoms with Crippen LogP contribution in [0.1, 0.15) is 175 Å². The molecule has 4 bridgehead atoms. The van der Waals surface area contributed by atoms with Crippen LogP contribution in [0.3, 0.4) is 0 Å². The van der Waals surface area contributed by atoms with Crippen molar-refractivity contribution in [1.29, 1.82) is 0 Å². The van der Waals surface area contributed by atoms with Crippen molar-refractivity contribution in [2.45, 2.75) is 152 Å². The second-order valence-corrected chi connectivity index (χ2v) is 42.6. The predicted octanol–water partition coefficient (Wildman–Crippen LogP) is 10.2. The zero-order chi connectivity index (χ0) is 86.9. The summed E-state index contributed by atoms with van der Waals surface area (Å²) in [5.41, 5.74) is 8.32. The highest BCUT2D eigenvalue weighted by molar-refractivity contribution is 7.99. The lowest BCUT2D eigenvalue weighted by molar-refractivity contribution is -0.138. The monoisotopic (exact) mass is 1800 g/mol. The van der Waals surface area contributed by atoms with Crippen molar-refractivity contribution < 1.29 is 84.6 Å². The highest BCUT2D eigenvalue weighted by Crippen LogP contribution is 2.71. The van der Waals surface area contributed by atoms with Crippen LogP contribution in [0.15, 0.2) is 85.7 Å². The first-order chi connectivity index (χ1) is 56.8. The average Bonchev–Trinajstić information content (AvgIpc) is 1.52. The van der Waals surface area contributed by atoms with Crippen LogP contribution in [0.5, 0.6) is 0 Å². The van der Waals surface area contributed by atoms with Crippen molar-refractivity contribution in [2.75, 3.05) is 73.1 Å². The first kappa shape index (κ1) is 92.2. The Balaban J connectivity index is 0.000000152. The van der Waals surface area contributed by atoms with Crippen molar-refractivity contribution in [3.63, 3.8) is 0 Å². The van der Waals surface area contributed by atoms with Gasteiger partial charge in [-0.05, 0) is 219 Å². The minimum absolute atomic E-state index is 0.0104.